The molecule has 2 N–H and O–H groups in total. The average Bonchev–Trinajstić information content (AvgIpc) is 2.92. The molecule has 0 saturated heterocycles. The highest BCUT2D eigenvalue weighted by molar-refractivity contribution is 7.92. The molecule has 0 atom stereocenters. The molecule has 0 unspecified atom stereocenters. The van der Waals surface area contributed by atoms with Gasteiger partial charge >= 0.3 is 0 Å². The molecule has 0 bridgehead atoms. The van der Waals surface area contributed by atoms with Crippen molar-refractivity contribution in [2.45, 2.75) is 11.3 Å². The van der Waals surface area contributed by atoms with Gasteiger partial charge in [0.25, 0.3) is 10.0 Å². The summed E-state index contributed by atoms with van der Waals surface area (Å²) in [5, 5.41) is 0. The highest BCUT2D eigenvalue weighted by Crippen LogP contribution is 2.32. The smallest absolute Gasteiger partial charge is 0.264 e. The van der Waals surface area contributed by atoms with Crippen LogP contribution in [0.25, 0.3) is 0 Å². The lowest BCUT2D eigenvalue weighted by Crippen LogP contribution is -2.29. The van der Waals surface area contributed by atoms with Gasteiger partial charge in [-0.1, -0.05) is 42.5 Å². The van der Waals surface area contributed by atoms with Crippen molar-refractivity contribution < 1.29 is 8.42 Å². The predicted octanol–water partition coefficient (Wildman–Crippen LogP) is 2.07. The van der Waals surface area contributed by atoms with Crippen LogP contribution in [0.1, 0.15) is 11.1 Å². The summed E-state index contributed by atoms with van der Waals surface area (Å²) in [5.74, 6) is 0. The summed E-state index contributed by atoms with van der Waals surface area (Å²) < 4.78 is 27.1. The minimum absolute atomic E-state index is 0.189. The molecule has 0 aromatic heterocycles. The van der Waals surface area contributed by atoms with Crippen molar-refractivity contribution in [1.29, 1.82) is 0 Å². The van der Waals surface area contributed by atoms with Gasteiger partial charge in [0.2, 0.25) is 0 Å². The first-order valence-corrected chi connectivity index (χ1v) is 8.35. The Balaban J connectivity index is 2.06. The molecule has 1 aliphatic rings. The van der Waals surface area contributed by atoms with Gasteiger partial charge in [-0.3, -0.25) is 4.31 Å². The molecule has 2 aromatic carbocycles. The normalized spacial score (nSPS) is 14.0. The Morgan fingerprint density at radius 2 is 1.90 bits per heavy atom. The molecule has 0 saturated carbocycles. The van der Waals surface area contributed by atoms with Crippen molar-refractivity contribution in [3.8, 4) is 0 Å². The first-order chi connectivity index (χ1) is 10.00. The standard InChI is InChI=1S/C15H14N2O2S2/c16-15(20)12-5-3-6-13(10-12)21(18,19)17-9-8-11-4-1-2-7-14(11)17/h1-7,10H,8-9H2,(H2,16,20). The first-order valence-electron chi connectivity index (χ1n) is 6.50. The van der Waals surface area contributed by atoms with Gasteiger partial charge in [-0.05, 0) is 30.2 Å². The number of para-hydroxylation sites is 1. The fraction of sp³-hybridized carbons (Fsp3) is 0.133. The highest BCUT2D eigenvalue weighted by Gasteiger charge is 2.30. The molecular formula is C15H14N2O2S2. The van der Waals surface area contributed by atoms with Gasteiger partial charge in [0.1, 0.15) is 4.99 Å². The number of nitrogens with zero attached hydrogens (tertiary/aromatic N) is 1. The van der Waals surface area contributed by atoms with Crippen LogP contribution in [0, 0.1) is 0 Å². The molecule has 0 amide bonds. The molecule has 108 valence electrons. The van der Waals surface area contributed by atoms with E-state index in [2.05, 4.69) is 0 Å². The lowest BCUT2D eigenvalue weighted by atomic mass is 10.2. The quantitative estimate of drug-likeness (QED) is 0.880. The van der Waals surface area contributed by atoms with Crippen LogP contribution in [-0.4, -0.2) is 20.0 Å². The second-order valence-electron chi connectivity index (χ2n) is 4.85. The second-order valence-corrected chi connectivity index (χ2v) is 7.15. The van der Waals surface area contributed by atoms with Crippen molar-refractivity contribution in [3.05, 3.63) is 59.7 Å². The Bertz CT molecular complexity index is 816. The van der Waals surface area contributed by atoms with Crippen molar-refractivity contribution in [3.63, 3.8) is 0 Å². The van der Waals surface area contributed by atoms with E-state index in [1.54, 1.807) is 18.2 Å². The van der Waals surface area contributed by atoms with Gasteiger partial charge in [0, 0.05) is 12.1 Å². The fourth-order valence-electron chi connectivity index (χ4n) is 2.49. The molecule has 0 radical (unpaired) electrons. The summed E-state index contributed by atoms with van der Waals surface area (Å²) in [6, 6.07) is 14.0. The van der Waals surface area contributed by atoms with Crippen molar-refractivity contribution >= 4 is 32.9 Å². The van der Waals surface area contributed by atoms with E-state index in [4.69, 9.17) is 18.0 Å². The third-order valence-corrected chi connectivity index (χ3v) is 5.60. The van der Waals surface area contributed by atoms with E-state index in [0.717, 1.165) is 17.7 Å². The molecule has 4 nitrogen and oxygen atoms in total. The van der Waals surface area contributed by atoms with Crippen molar-refractivity contribution in [2.24, 2.45) is 5.73 Å². The van der Waals surface area contributed by atoms with E-state index < -0.39 is 10.0 Å². The lowest BCUT2D eigenvalue weighted by molar-refractivity contribution is 0.592. The minimum Gasteiger partial charge on any atom is -0.389 e. The minimum atomic E-state index is -3.59. The van der Waals surface area contributed by atoms with Crippen LogP contribution < -0.4 is 10.0 Å². The van der Waals surface area contributed by atoms with Gasteiger partial charge in [0.15, 0.2) is 0 Å². The zero-order valence-corrected chi connectivity index (χ0v) is 12.8. The number of hydrogen-bond acceptors (Lipinski definition) is 3. The molecular weight excluding hydrogens is 304 g/mol. The summed E-state index contributed by atoms with van der Waals surface area (Å²) in [4.78, 5) is 0.401. The van der Waals surface area contributed by atoms with Crippen LogP contribution in [-0.2, 0) is 16.4 Å². The maximum Gasteiger partial charge on any atom is 0.264 e. The molecule has 6 heteroatoms. The van der Waals surface area contributed by atoms with E-state index in [0.29, 0.717) is 12.1 Å². The van der Waals surface area contributed by atoms with E-state index in [1.807, 2.05) is 24.3 Å². The van der Waals surface area contributed by atoms with Crippen LogP contribution in [0.2, 0.25) is 0 Å². The number of hydrogen-bond donors (Lipinski definition) is 1. The molecule has 1 aliphatic heterocycles. The zero-order chi connectivity index (χ0) is 15.0. The number of anilines is 1. The number of nitrogens with two attached hydrogens (primary N) is 1. The van der Waals surface area contributed by atoms with Crippen LogP contribution in [0.3, 0.4) is 0 Å². The number of benzene rings is 2. The molecule has 21 heavy (non-hydrogen) atoms. The molecule has 0 aliphatic carbocycles. The van der Waals surface area contributed by atoms with E-state index in [1.165, 1.54) is 10.4 Å². The topological polar surface area (TPSA) is 63.4 Å². The Morgan fingerprint density at radius 1 is 1.14 bits per heavy atom. The zero-order valence-electron chi connectivity index (χ0n) is 11.2. The monoisotopic (exact) mass is 318 g/mol. The molecule has 0 spiro atoms. The molecule has 3 rings (SSSR count). The summed E-state index contributed by atoms with van der Waals surface area (Å²) >= 11 is 4.91. The Kier molecular flexibility index (Phi) is 3.43. The average molecular weight is 318 g/mol. The molecule has 1 heterocycles. The summed E-state index contributed by atoms with van der Waals surface area (Å²) in [6.07, 6.45) is 0.727. The molecule has 2 aromatic rings. The number of sulfonamides is 1. The van der Waals surface area contributed by atoms with Gasteiger partial charge in [-0.2, -0.15) is 0 Å². The molecule has 0 fully saturated rings. The van der Waals surface area contributed by atoms with E-state index in [-0.39, 0.29) is 9.88 Å². The Labute approximate surface area is 129 Å². The maximum atomic E-state index is 12.8. The first kappa shape index (κ1) is 14.0. The van der Waals surface area contributed by atoms with E-state index >= 15 is 0 Å². The lowest BCUT2D eigenvalue weighted by Gasteiger charge is -2.19. The van der Waals surface area contributed by atoms with Gasteiger partial charge in [0.05, 0.1) is 10.6 Å². The van der Waals surface area contributed by atoms with Gasteiger partial charge in [-0.15, -0.1) is 0 Å². The van der Waals surface area contributed by atoms with Crippen molar-refractivity contribution in [1.82, 2.24) is 0 Å². The number of fused-ring (bicyclic) bond motifs is 1. The SMILES string of the molecule is NC(=S)c1cccc(S(=O)(=O)N2CCc3ccccc32)c1. The van der Waals surface area contributed by atoms with Crippen molar-refractivity contribution in [2.75, 3.05) is 10.8 Å². The second kappa shape index (κ2) is 5.13. The van der Waals surface area contributed by atoms with Crippen LogP contribution in [0.5, 0.6) is 0 Å². The van der Waals surface area contributed by atoms with Crippen LogP contribution in [0.15, 0.2) is 53.4 Å². The summed E-state index contributed by atoms with van der Waals surface area (Å²) in [7, 11) is -3.59. The van der Waals surface area contributed by atoms with Crippen LogP contribution >= 0.6 is 12.2 Å². The maximum absolute atomic E-state index is 12.8. The van der Waals surface area contributed by atoms with E-state index in [9.17, 15) is 8.42 Å². The predicted molar refractivity (Wildman–Crippen MR) is 87.0 cm³/mol. The third-order valence-electron chi connectivity index (χ3n) is 3.55. The third kappa shape index (κ3) is 2.41. The number of thiocarbonyl (C=S) groups is 1. The Hall–Kier alpha value is -1.92. The largest absolute Gasteiger partial charge is 0.389 e. The van der Waals surface area contributed by atoms with Gasteiger partial charge in [-0.25, -0.2) is 8.42 Å². The summed E-state index contributed by atoms with van der Waals surface area (Å²) in [6.45, 7) is 0.457. The fourth-order valence-corrected chi connectivity index (χ4v) is 4.17. The van der Waals surface area contributed by atoms with Gasteiger partial charge < -0.3 is 5.73 Å². The van der Waals surface area contributed by atoms with Crippen LogP contribution in [0.4, 0.5) is 5.69 Å². The highest BCUT2D eigenvalue weighted by atomic mass is 32.2. The Morgan fingerprint density at radius 3 is 2.67 bits per heavy atom. The summed E-state index contributed by atoms with van der Waals surface area (Å²) in [5.41, 5.74) is 7.93. The number of rotatable bonds is 3.